The Balaban J connectivity index is 1.57. The van der Waals surface area contributed by atoms with Gasteiger partial charge in [0.05, 0.1) is 7.11 Å². The van der Waals surface area contributed by atoms with E-state index >= 15 is 0 Å². The number of nitrogens with zero attached hydrogens (tertiary/aromatic N) is 2. The number of piperazine rings is 1. The summed E-state index contributed by atoms with van der Waals surface area (Å²) in [6, 6.07) is 15.2. The van der Waals surface area contributed by atoms with E-state index in [1.165, 1.54) is 0 Å². The van der Waals surface area contributed by atoms with Gasteiger partial charge in [0.15, 0.2) is 0 Å². The van der Waals surface area contributed by atoms with E-state index in [1.807, 2.05) is 62.4 Å². The number of carbonyl (C=O) groups excluding carboxylic acids is 2. The van der Waals surface area contributed by atoms with Crippen molar-refractivity contribution in [3.63, 3.8) is 0 Å². The van der Waals surface area contributed by atoms with E-state index in [4.69, 9.17) is 4.74 Å². The maximum Gasteiger partial charge on any atom is 0.271 e. The smallest absolute Gasteiger partial charge is 0.271 e. The molecular weight excluding hydrogens is 354 g/mol. The van der Waals surface area contributed by atoms with E-state index in [-0.39, 0.29) is 24.4 Å². The topological polar surface area (TPSA) is 65.6 Å². The van der Waals surface area contributed by atoms with E-state index in [0.29, 0.717) is 12.2 Å². The van der Waals surface area contributed by atoms with E-state index in [0.717, 1.165) is 27.9 Å². The predicted octanol–water partition coefficient (Wildman–Crippen LogP) is 3.36. The summed E-state index contributed by atoms with van der Waals surface area (Å²) < 4.78 is 5.24. The minimum Gasteiger partial charge on any atom is -0.497 e. The summed E-state index contributed by atoms with van der Waals surface area (Å²) in [5.74, 6) is 0.496. The number of aryl methyl sites for hydroxylation is 1. The summed E-state index contributed by atoms with van der Waals surface area (Å²) in [6.07, 6.45) is 0. The van der Waals surface area contributed by atoms with Gasteiger partial charge in [0.2, 0.25) is 5.91 Å². The highest BCUT2D eigenvalue weighted by atomic mass is 16.5. The molecule has 2 amide bonds. The number of fused-ring (bicyclic) bond motifs is 1. The predicted molar refractivity (Wildman–Crippen MR) is 109 cm³/mol. The van der Waals surface area contributed by atoms with Crippen LogP contribution in [-0.4, -0.2) is 47.9 Å². The highest BCUT2D eigenvalue weighted by Gasteiger charge is 2.34. The van der Waals surface area contributed by atoms with Crippen molar-refractivity contribution >= 4 is 28.4 Å². The van der Waals surface area contributed by atoms with Gasteiger partial charge in [-0.2, -0.15) is 0 Å². The van der Waals surface area contributed by atoms with Crippen LogP contribution in [0.4, 0.5) is 5.69 Å². The molecule has 6 nitrogen and oxygen atoms in total. The van der Waals surface area contributed by atoms with Gasteiger partial charge < -0.3 is 19.5 Å². The molecule has 1 aliphatic rings. The molecule has 0 bridgehead atoms. The van der Waals surface area contributed by atoms with E-state index in [2.05, 4.69) is 4.98 Å². The van der Waals surface area contributed by atoms with Crippen molar-refractivity contribution < 1.29 is 14.3 Å². The molecule has 2 aromatic carbocycles. The van der Waals surface area contributed by atoms with Crippen LogP contribution in [0.5, 0.6) is 5.75 Å². The lowest BCUT2D eigenvalue weighted by Gasteiger charge is -2.39. The van der Waals surface area contributed by atoms with Crippen LogP contribution in [0.1, 0.15) is 23.0 Å². The third-order valence-electron chi connectivity index (χ3n) is 5.22. The molecule has 4 rings (SSSR count). The van der Waals surface area contributed by atoms with Crippen LogP contribution in [0.3, 0.4) is 0 Å². The second kappa shape index (κ2) is 7.03. The highest BCUT2D eigenvalue weighted by molar-refractivity contribution is 6.03. The molecule has 0 saturated carbocycles. The van der Waals surface area contributed by atoms with Gasteiger partial charge in [-0.25, -0.2) is 0 Å². The van der Waals surface area contributed by atoms with Crippen molar-refractivity contribution in [2.75, 3.05) is 25.1 Å². The Labute approximate surface area is 163 Å². The van der Waals surface area contributed by atoms with Gasteiger partial charge >= 0.3 is 0 Å². The molecule has 3 aromatic rings. The maximum absolute atomic E-state index is 13.1. The van der Waals surface area contributed by atoms with Gasteiger partial charge in [-0.15, -0.1) is 0 Å². The number of nitrogens with one attached hydrogen (secondary N) is 1. The number of methoxy groups -OCH3 is 1. The molecule has 1 saturated heterocycles. The van der Waals surface area contributed by atoms with Gasteiger partial charge in [0.1, 0.15) is 18.0 Å². The number of carbonyl (C=O) groups is 2. The van der Waals surface area contributed by atoms with Crippen LogP contribution in [0.2, 0.25) is 0 Å². The van der Waals surface area contributed by atoms with Crippen LogP contribution >= 0.6 is 0 Å². The van der Waals surface area contributed by atoms with Crippen LogP contribution in [0, 0.1) is 6.92 Å². The van der Waals surface area contributed by atoms with E-state index < -0.39 is 0 Å². The normalized spacial score (nSPS) is 17.2. The quantitative estimate of drug-likeness (QED) is 0.761. The van der Waals surface area contributed by atoms with E-state index in [9.17, 15) is 9.59 Å². The zero-order chi connectivity index (χ0) is 19.8. The standard InChI is InChI=1S/C22H23N3O3/c1-14-5-4-6-17(9-14)25-12-15(2)24(13-21(25)26)22(27)20-11-16-10-18(28-3)7-8-19(16)23-20/h4-11,15,23H,12-13H2,1-3H3/t15-/m0/s1. The first-order chi connectivity index (χ1) is 13.5. The molecular formula is C22H23N3O3. The maximum atomic E-state index is 13.1. The molecule has 28 heavy (non-hydrogen) atoms. The average molecular weight is 377 g/mol. The number of rotatable bonds is 3. The molecule has 144 valence electrons. The van der Waals surface area contributed by atoms with Crippen molar-refractivity contribution in [3.8, 4) is 5.75 Å². The molecule has 0 unspecified atom stereocenters. The fourth-order valence-corrected chi connectivity index (χ4v) is 3.68. The van der Waals surface area contributed by atoms with Gasteiger partial charge in [0, 0.05) is 29.2 Å². The van der Waals surface area contributed by atoms with Gasteiger partial charge in [-0.05, 0) is 55.8 Å². The fraction of sp³-hybridized carbons (Fsp3) is 0.273. The number of hydrogen-bond acceptors (Lipinski definition) is 3. The van der Waals surface area contributed by atoms with Gasteiger partial charge in [0.25, 0.3) is 5.91 Å². The molecule has 1 fully saturated rings. The molecule has 6 heteroatoms. The summed E-state index contributed by atoms with van der Waals surface area (Å²) in [6.45, 7) is 4.51. The fourth-order valence-electron chi connectivity index (χ4n) is 3.68. The molecule has 1 N–H and O–H groups in total. The summed E-state index contributed by atoms with van der Waals surface area (Å²) in [7, 11) is 1.61. The number of aromatic nitrogens is 1. The van der Waals surface area contributed by atoms with Gasteiger partial charge in [-0.1, -0.05) is 12.1 Å². The Morgan fingerprint density at radius 3 is 2.75 bits per heavy atom. The zero-order valence-corrected chi connectivity index (χ0v) is 16.2. The summed E-state index contributed by atoms with van der Waals surface area (Å²) in [5, 5.41) is 0.903. The number of hydrogen-bond donors (Lipinski definition) is 1. The molecule has 0 aliphatic carbocycles. The lowest BCUT2D eigenvalue weighted by Crippen LogP contribution is -2.57. The lowest BCUT2D eigenvalue weighted by molar-refractivity contribution is -0.121. The van der Waals surface area contributed by atoms with Crippen molar-refractivity contribution in [1.82, 2.24) is 9.88 Å². The van der Waals surface area contributed by atoms with Crippen molar-refractivity contribution in [1.29, 1.82) is 0 Å². The van der Waals surface area contributed by atoms with Crippen molar-refractivity contribution in [2.24, 2.45) is 0 Å². The molecule has 1 aromatic heterocycles. The number of ether oxygens (including phenoxy) is 1. The Morgan fingerprint density at radius 1 is 1.18 bits per heavy atom. The Kier molecular flexibility index (Phi) is 4.55. The molecule has 1 atom stereocenters. The molecule has 0 spiro atoms. The van der Waals surface area contributed by atoms with Crippen molar-refractivity contribution in [2.45, 2.75) is 19.9 Å². The van der Waals surface area contributed by atoms with Crippen LogP contribution in [0.25, 0.3) is 10.9 Å². The van der Waals surface area contributed by atoms with Crippen molar-refractivity contribution in [3.05, 3.63) is 59.8 Å². The molecule has 0 radical (unpaired) electrons. The van der Waals surface area contributed by atoms with Crippen LogP contribution < -0.4 is 9.64 Å². The van der Waals surface area contributed by atoms with Crippen LogP contribution in [0.15, 0.2) is 48.5 Å². The number of amides is 2. The second-order valence-corrected chi connectivity index (χ2v) is 7.26. The van der Waals surface area contributed by atoms with Crippen LogP contribution in [-0.2, 0) is 4.79 Å². The second-order valence-electron chi connectivity index (χ2n) is 7.26. The third-order valence-corrected chi connectivity index (χ3v) is 5.22. The highest BCUT2D eigenvalue weighted by Crippen LogP contribution is 2.25. The third kappa shape index (κ3) is 3.22. The first kappa shape index (κ1) is 18.1. The first-order valence-corrected chi connectivity index (χ1v) is 9.31. The van der Waals surface area contributed by atoms with E-state index in [1.54, 1.807) is 16.9 Å². The SMILES string of the molecule is COc1ccc2[nH]c(C(=O)N3CC(=O)N(c4cccc(C)c4)C[C@@H]3C)cc2c1. The summed E-state index contributed by atoms with van der Waals surface area (Å²) in [4.78, 5) is 32.4. The summed E-state index contributed by atoms with van der Waals surface area (Å²) in [5.41, 5.74) is 3.32. The minimum absolute atomic E-state index is 0.0621. The van der Waals surface area contributed by atoms with Gasteiger partial charge in [-0.3, -0.25) is 9.59 Å². The monoisotopic (exact) mass is 377 g/mol. The first-order valence-electron chi connectivity index (χ1n) is 9.31. The zero-order valence-electron chi connectivity index (χ0n) is 16.2. The number of anilines is 1. The molecule has 2 heterocycles. The largest absolute Gasteiger partial charge is 0.497 e. The number of aromatic amines is 1. The Morgan fingerprint density at radius 2 is 2.00 bits per heavy atom. The lowest BCUT2D eigenvalue weighted by atomic mass is 10.1. The minimum atomic E-state index is -0.167. The summed E-state index contributed by atoms with van der Waals surface area (Å²) >= 11 is 0. The Hall–Kier alpha value is -3.28. The number of H-pyrrole nitrogens is 1. The molecule has 1 aliphatic heterocycles. The number of benzene rings is 2. The average Bonchev–Trinajstić information content (AvgIpc) is 3.12. The Bertz CT molecular complexity index is 1060.